The third-order valence-electron chi connectivity index (χ3n) is 3.03. The first kappa shape index (κ1) is 10.4. The number of aliphatic hydroxyl groups excluding tert-OH is 1. The van der Waals surface area contributed by atoms with Crippen molar-refractivity contribution in [3.63, 3.8) is 0 Å². The predicted molar refractivity (Wildman–Crippen MR) is 62.9 cm³/mol. The molecule has 0 radical (unpaired) electrons. The van der Waals surface area contributed by atoms with Crippen LogP contribution in [0.25, 0.3) is 11.0 Å². The number of likely N-dealkylation sites (tertiary alicyclic amines) is 1. The largest absolute Gasteiger partial charge is 0.451 e. The van der Waals surface area contributed by atoms with Gasteiger partial charge < -0.3 is 14.4 Å². The van der Waals surface area contributed by atoms with Gasteiger partial charge in [0.2, 0.25) is 0 Å². The molecular formula is C13H13NO3. The maximum absolute atomic E-state index is 11.9. The summed E-state index contributed by atoms with van der Waals surface area (Å²) < 4.78 is 5.50. The van der Waals surface area contributed by atoms with E-state index in [0.717, 1.165) is 16.5 Å². The zero-order valence-corrected chi connectivity index (χ0v) is 9.51. The first-order valence-electron chi connectivity index (χ1n) is 5.61. The molecule has 17 heavy (non-hydrogen) atoms. The van der Waals surface area contributed by atoms with Crippen LogP contribution in [0.2, 0.25) is 0 Å². The quantitative estimate of drug-likeness (QED) is 0.810. The average molecular weight is 231 g/mol. The summed E-state index contributed by atoms with van der Waals surface area (Å²) in [7, 11) is 0. The first-order chi connectivity index (χ1) is 8.13. The molecule has 0 atom stereocenters. The molecule has 0 spiro atoms. The van der Waals surface area contributed by atoms with Gasteiger partial charge >= 0.3 is 0 Å². The first-order valence-corrected chi connectivity index (χ1v) is 5.61. The van der Waals surface area contributed by atoms with E-state index in [1.807, 2.05) is 25.1 Å². The Morgan fingerprint density at radius 1 is 1.41 bits per heavy atom. The van der Waals surface area contributed by atoms with Crippen molar-refractivity contribution in [3.05, 3.63) is 35.6 Å². The number of hydrogen-bond acceptors (Lipinski definition) is 3. The lowest BCUT2D eigenvalue weighted by atomic mass is 10.1. The van der Waals surface area contributed by atoms with Crippen LogP contribution >= 0.6 is 0 Å². The van der Waals surface area contributed by atoms with Crippen molar-refractivity contribution < 1.29 is 14.3 Å². The number of rotatable bonds is 1. The number of amides is 1. The Morgan fingerprint density at radius 2 is 2.18 bits per heavy atom. The summed E-state index contributed by atoms with van der Waals surface area (Å²) in [6.07, 6.45) is -0.384. The van der Waals surface area contributed by atoms with E-state index in [-0.39, 0.29) is 12.0 Å². The van der Waals surface area contributed by atoms with Gasteiger partial charge in [-0.15, -0.1) is 0 Å². The fourth-order valence-electron chi connectivity index (χ4n) is 2.05. The summed E-state index contributed by atoms with van der Waals surface area (Å²) in [6.45, 7) is 2.80. The predicted octanol–water partition coefficient (Wildman–Crippen LogP) is 1.56. The molecule has 0 saturated carbocycles. The van der Waals surface area contributed by atoms with E-state index in [2.05, 4.69) is 0 Å². The molecule has 1 aliphatic rings. The highest BCUT2D eigenvalue weighted by Crippen LogP contribution is 2.23. The van der Waals surface area contributed by atoms with Crippen LogP contribution in [0.15, 0.2) is 28.7 Å². The van der Waals surface area contributed by atoms with Crippen LogP contribution in [0, 0.1) is 6.92 Å². The summed E-state index contributed by atoms with van der Waals surface area (Å²) in [4.78, 5) is 13.5. The number of carbonyl (C=O) groups excluding carboxylic acids is 1. The fourth-order valence-corrected chi connectivity index (χ4v) is 2.05. The number of benzene rings is 1. The van der Waals surface area contributed by atoms with Crippen molar-refractivity contribution in [2.24, 2.45) is 0 Å². The van der Waals surface area contributed by atoms with Crippen LogP contribution in [-0.4, -0.2) is 35.1 Å². The second kappa shape index (κ2) is 3.60. The van der Waals surface area contributed by atoms with Crippen molar-refractivity contribution in [2.75, 3.05) is 13.1 Å². The van der Waals surface area contributed by atoms with Gasteiger partial charge in [-0.2, -0.15) is 0 Å². The van der Waals surface area contributed by atoms with E-state index < -0.39 is 0 Å². The van der Waals surface area contributed by atoms with Crippen LogP contribution in [-0.2, 0) is 0 Å². The Morgan fingerprint density at radius 3 is 2.88 bits per heavy atom. The summed E-state index contributed by atoms with van der Waals surface area (Å²) in [5.41, 5.74) is 1.86. The molecule has 0 aliphatic carbocycles. The molecule has 1 fully saturated rings. The van der Waals surface area contributed by atoms with Crippen LogP contribution in [0.3, 0.4) is 0 Å². The molecule has 1 amide bonds. The number of nitrogens with zero attached hydrogens (tertiary/aromatic N) is 1. The number of carbonyl (C=O) groups is 1. The molecule has 2 heterocycles. The lowest BCUT2D eigenvalue weighted by Crippen LogP contribution is -2.53. The number of hydrogen-bond donors (Lipinski definition) is 1. The standard InChI is InChI=1S/C13H13NO3/c1-8-2-3-11-9(4-8)5-12(17-11)13(16)14-6-10(15)7-14/h2-5,10,15H,6-7H2,1H3. The Kier molecular flexibility index (Phi) is 2.19. The van der Waals surface area contributed by atoms with E-state index in [1.165, 1.54) is 0 Å². The lowest BCUT2D eigenvalue weighted by Gasteiger charge is -2.35. The Hall–Kier alpha value is -1.81. The minimum absolute atomic E-state index is 0.149. The number of aliphatic hydroxyl groups is 1. The second-order valence-electron chi connectivity index (χ2n) is 4.52. The van der Waals surface area contributed by atoms with E-state index in [4.69, 9.17) is 9.52 Å². The van der Waals surface area contributed by atoms with Crippen LogP contribution in [0.4, 0.5) is 0 Å². The van der Waals surface area contributed by atoms with Crippen LogP contribution < -0.4 is 0 Å². The molecule has 0 bridgehead atoms. The third-order valence-corrected chi connectivity index (χ3v) is 3.03. The highest BCUT2D eigenvalue weighted by molar-refractivity contribution is 5.96. The number of β-amino-alcohol motifs (C(OH)–C–C–N with tert-alkyl or cyclic N) is 1. The van der Waals surface area contributed by atoms with Gasteiger partial charge in [-0.3, -0.25) is 4.79 Å². The zero-order valence-electron chi connectivity index (χ0n) is 9.51. The van der Waals surface area contributed by atoms with Gasteiger partial charge in [-0.05, 0) is 25.1 Å². The van der Waals surface area contributed by atoms with E-state index in [1.54, 1.807) is 11.0 Å². The van der Waals surface area contributed by atoms with Crippen molar-refractivity contribution in [1.29, 1.82) is 0 Å². The number of fused-ring (bicyclic) bond motifs is 1. The highest BCUT2D eigenvalue weighted by Gasteiger charge is 2.31. The van der Waals surface area contributed by atoms with Crippen LogP contribution in [0.5, 0.6) is 0 Å². The Labute approximate surface area is 98.4 Å². The average Bonchev–Trinajstić information content (AvgIpc) is 2.66. The van der Waals surface area contributed by atoms with Crippen molar-refractivity contribution >= 4 is 16.9 Å². The zero-order chi connectivity index (χ0) is 12.0. The van der Waals surface area contributed by atoms with E-state index in [0.29, 0.717) is 18.8 Å². The molecule has 1 saturated heterocycles. The summed E-state index contributed by atoms with van der Waals surface area (Å²) in [6, 6.07) is 7.57. The van der Waals surface area contributed by atoms with E-state index in [9.17, 15) is 4.79 Å². The van der Waals surface area contributed by atoms with Crippen molar-refractivity contribution in [2.45, 2.75) is 13.0 Å². The smallest absolute Gasteiger partial charge is 0.289 e. The van der Waals surface area contributed by atoms with E-state index >= 15 is 0 Å². The molecule has 1 aromatic carbocycles. The van der Waals surface area contributed by atoms with Gasteiger partial charge in [0.25, 0.3) is 5.91 Å². The van der Waals surface area contributed by atoms with Gasteiger partial charge in [-0.25, -0.2) is 0 Å². The second-order valence-corrected chi connectivity index (χ2v) is 4.52. The Bertz CT molecular complexity index is 581. The van der Waals surface area contributed by atoms with Gasteiger partial charge in [0.05, 0.1) is 6.10 Å². The summed E-state index contributed by atoms with van der Waals surface area (Å²) in [5, 5.41) is 10.1. The number of aryl methyl sites for hydroxylation is 1. The molecule has 3 rings (SSSR count). The topological polar surface area (TPSA) is 53.7 Å². The van der Waals surface area contributed by atoms with Crippen molar-refractivity contribution in [3.8, 4) is 0 Å². The SMILES string of the molecule is Cc1ccc2oc(C(=O)N3CC(O)C3)cc2c1. The molecule has 1 aliphatic heterocycles. The lowest BCUT2D eigenvalue weighted by molar-refractivity contribution is 0.00406. The summed E-state index contributed by atoms with van der Waals surface area (Å²) >= 11 is 0. The summed E-state index contributed by atoms with van der Waals surface area (Å²) in [5.74, 6) is 0.196. The number of furan rings is 1. The molecule has 0 unspecified atom stereocenters. The normalized spacial score (nSPS) is 16.2. The molecule has 1 N–H and O–H groups in total. The maximum atomic E-state index is 11.9. The van der Waals surface area contributed by atoms with Gasteiger partial charge in [-0.1, -0.05) is 11.6 Å². The van der Waals surface area contributed by atoms with Gasteiger partial charge in [0.1, 0.15) is 5.58 Å². The molecular weight excluding hydrogens is 218 g/mol. The maximum Gasteiger partial charge on any atom is 0.289 e. The monoisotopic (exact) mass is 231 g/mol. The van der Waals surface area contributed by atoms with Gasteiger partial charge in [0, 0.05) is 18.5 Å². The van der Waals surface area contributed by atoms with Crippen molar-refractivity contribution in [1.82, 2.24) is 4.90 Å². The molecule has 4 heteroatoms. The molecule has 88 valence electrons. The Balaban J connectivity index is 1.93. The molecule has 4 nitrogen and oxygen atoms in total. The highest BCUT2D eigenvalue weighted by atomic mass is 16.3. The van der Waals surface area contributed by atoms with Gasteiger partial charge in [0.15, 0.2) is 5.76 Å². The molecule has 2 aromatic rings. The minimum Gasteiger partial charge on any atom is -0.451 e. The third kappa shape index (κ3) is 1.70. The van der Waals surface area contributed by atoms with Crippen LogP contribution in [0.1, 0.15) is 16.1 Å². The molecule has 1 aromatic heterocycles. The minimum atomic E-state index is -0.384. The fraction of sp³-hybridized carbons (Fsp3) is 0.308.